The fraction of sp³-hybridized carbons (Fsp3) is 0.636. The maximum absolute atomic E-state index is 12.3. The number of nitro groups is 1. The Kier molecular flexibility index (Phi) is 6.54. The highest BCUT2D eigenvalue weighted by atomic mass is 35.5. The van der Waals surface area contributed by atoms with Crippen molar-refractivity contribution in [1.29, 1.82) is 0 Å². The second-order valence-corrected chi connectivity index (χ2v) is 8.21. The van der Waals surface area contributed by atoms with Crippen LogP contribution in [0.2, 0.25) is 4.34 Å². The van der Waals surface area contributed by atoms with Gasteiger partial charge in [-0.25, -0.2) is 13.1 Å². The average Bonchev–Trinajstić information content (AvgIpc) is 2.77. The van der Waals surface area contributed by atoms with Gasteiger partial charge in [-0.2, -0.15) is 0 Å². The maximum Gasteiger partial charge on any atom is 0.300 e. The van der Waals surface area contributed by atoms with Crippen molar-refractivity contribution in [1.82, 2.24) is 4.72 Å². The van der Waals surface area contributed by atoms with Crippen molar-refractivity contribution in [3.63, 3.8) is 0 Å². The molecule has 10 heteroatoms. The molecule has 0 aliphatic carbocycles. The summed E-state index contributed by atoms with van der Waals surface area (Å²) in [5.41, 5.74) is -0.409. The van der Waals surface area contributed by atoms with Gasteiger partial charge in [0.2, 0.25) is 0 Å². The molecule has 0 spiro atoms. The Bertz CT molecular complexity index is 600. The van der Waals surface area contributed by atoms with E-state index in [4.69, 9.17) is 16.3 Å². The van der Waals surface area contributed by atoms with Crippen molar-refractivity contribution in [3.05, 3.63) is 20.5 Å². The van der Waals surface area contributed by atoms with E-state index in [0.717, 1.165) is 6.07 Å². The lowest BCUT2D eigenvalue weighted by atomic mass is 10.1. The lowest BCUT2D eigenvalue weighted by molar-refractivity contribution is -0.384. The van der Waals surface area contributed by atoms with E-state index in [9.17, 15) is 18.5 Å². The Hall–Kier alpha value is -0.740. The average molecular weight is 357 g/mol. The van der Waals surface area contributed by atoms with Gasteiger partial charge < -0.3 is 4.74 Å². The van der Waals surface area contributed by atoms with Crippen molar-refractivity contribution in [3.8, 4) is 0 Å². The second-order valence-electron chi connectivity index (χ2n) is 4.61. The number of ether oxygens (including phenoxy) is 1. The molecule has 0 aliphatic heterocycles. The van der Waals surface area contributed by atoms with Gasteiger partial charge in [0.05, 0.1) is 11.5 Å². The summed E-state index contributed by atoms with van der Waals surface area (Å²) in [6.07, 6.45) is 0. The molecular formula is C11H17ClN2O5S2. The number of sulfonamides is 1. The predicted octanol–water partition coefficient (Wildman–Crippen LogP) is 2.65. The van der Waals surface area contributed by atoms with Crippen LogP contribution in [-0.4, -0.2) is 32.6 Å². The monoisotopic (exact) mass is 356 g/mol. The number of hydrogen-bond acceptors (Lipinski definition) is 6. The zero-order chi connectivity index (χ0) is 16.2. The van der Waals surface area contributed by atoms with E-state index in [-0.39, 0.29) is 21.1 Å². The van der Waals surface area contributed by atoms with Crippen molar-refractivity contribution in [2.75, 3.05) is 13.2 Å². The molecule has 0 amide bonds. The molecule has 1 aromatic heterocycles. The highest BCUT2D eigenvalue weighted by Crippen LogP contribution is 2.36. The van der Waals surface area contributed by atoms with Gasteiger partial charge in [-0.3, -0.25) is 10.1 Å². The molecule has 1 rings (SSSR count). The first kappa shape index (κ1) is 18.3. The van der Waals surface area contributed by atoms with Crippen LogP contribution in [0.15, 0.2) is 10.3 Å². The third-order valence-electron chi connectivity index (χ3n) is 2.72. The zero-order valence-corrected chi connectivity index (χ0v) is 14.2. The van der Waals surface area contributed by atoms with Gasteiger partial charge in [0.1, 0.15) is 4.21 Å². The second kappa shape index (κ2) is 7.50. The van der Waals surface area contributed by atoms with E-state index in [1.165, 1.54) is 0 Å². The zero-order valence-electron chi connectivity index (χ0n) is 11.8. The van der Waals surface area contributed by atoms with Gasteiger partial charge in [0, 0.05) is 18.7 Å². The molecule has 1 unspecified atom stereocenters. The Morgan fingerprint density at radius 1 is 1.52 bits per heavy atom. The summed E-state index contributed by atoms with van der Waals surface area (Å²) in [6.45, 7) is 6.23. The van der Waals surface area contributed by atoms with E-state index < -0.39 is 26.7 Å². The van der Waals surface area contributed by atoms with Crippen LogP contribution in [0, 0.1) is 16.0 Å². The number of rotatable bonds is 8. The minimum absolute atomic E-state index is 0.0109. The van der Waals surface area contributed by atoms with Crippen LogP contribution in [0.5, 0.6) is 0 Å². The van der Waals surface area contributed by atoms with Crippen LogP contribution in [-0.2, 0) is 14.8 Å². The quantitative estimate of drug-likeness (QED) is 0.570. The molecule has 120 valence electrons. The highest BCUT2D eigenvalue weighted by Gasteiger charge is 2.28. The number of nitrogens with zero attached hydrogens (tertiary/aromatic N) is 1. The van der Waals surface area contributed by atoms with Crippen LogP contribution in [0.4, 0.5) is 5.69 Å². The SMILES string of the molecule is CCOCC(NS(=O)(=O)c1cc([N+](=O)[O-])c(Cl)s1)C(C)C. The van der Waals surface area contributed by atoms with Gasteiger partial charge in [-0.1, -0.05) is 25.4 Å². The Morgan fingerprint density at radius 3 is 2.57 bits per heavy atom. The third-order valence-corrected chi connectivity index (χ3v) is 6.02. The van der Waals surface area contributed by atoms with Gasteiger partial charge in [-0.05, 0) is 12.8 Å². The van der Waals surface area contributed by atoms with Crippen LogP contribution in [0.25, 0.3) is 0 Å². The molecule has 0 saturated carbocycles. The predicted molar refractivity (Wildman–Crippen MR) is 81.4 cm³/mol. The third kappa shape index (κ3) is 4.89. The fourth-order valence-electron chi connectivity index (χ4n) is 1.46. The smallest absolute Gasteiger partial charge is 0.300 e. The Labute approximate surface area is 132 Å². The fourth-order valence-corrected chi connectivity index (χ4v) is 4.51. The highest BCUT2D eigenvalue weighted by molar-refractivity contribution is 7.91. The Balaban J connectivity index is 2.99. The summed E-state index contributed by atoms with van der Waals surface area (Å²) in [4.78, 5) is 10.0. The molecule has 1 atom stereocenters. The van der Waals surface area contributed by atoms with E-state index in [1.54, 1.807) is 0 Å². The number of hydrogen-bond donors (Lipinski definition) is 1. The summed E-state index contributed by atoms with van der Waals surface area (Å²) in [5, 5.41) is 10.7. The largest absolute Gasteiger partial charge is 0.380 e. The van der Waals surface area contributed by atoms with E-state index in [2.05, 4.69) is 4.72 Å². The summed E-state index contributed by atoms with van der Waals surface area (Å²) in [5.74, 6) is 0.0109. The number of halogens is 1. The summed E-state index contributed by atoms with van der Waals surface area (Å²) >= 11 is 6.35. The minimum Gasteiger partial charge on any atom is -0.380 e. The van der Waals surface area contributed by atoms with Crippen molar-refractivity contribution in [2.24, 2.45) is 5.92 Å². The first-order valence-corrected chi connectivity index (χ1v) is 8.90. The number of thiophene rings is 1. The summed E-state index contributed by atoms with van der Waals surface area (Å²) < 4.78 is 31.9. The molecule has 1 N–H and O–H groups in total. The molecule has 0 aliphatic rings. The molecule has 0 bridgehead atoms. The van der Waals surface area contributed by atoms with Crippen LogP contribution in [0.1, 0.15) is 20.8 Å². The first-order valence-electron chi connectivity index (χ1n) is 6.22. The molecule has 21 heavy (non-hydrogen) atoms. The molecule has 0 saturated heterocycles. The molecular weight excluding hydrogens is 340 g/mol. The van der Waals surface area contributed by atoms with E-state index in [0.29, 0.717) is 17.9 Å². The lowest BCUT2D eigenvalue weighted by Gasteiger charge is -2.21. The van der Waals surface area contributed by atoms with Crippen LogP contribution >= 0.6 is 22.9 Å². The standard InChI is InChI=1S/C11H17ClN2O5S2/c1-4-19-6-8(7(2)3)13-21(17,18)10-5-9(14(15)16)11(12)20-10/h5,7-8,13H,4,6H2,1-3H3. The minimum atomic E-state index is -3.87. The van der Waals surface area contributed by atoms with Gasteiger partial charge in [-0.15, -0.1) is 11.3 Å². The van der Waals surface area contributed by atoms with Crippen molar-refractivity contribution in [2.45, 2.75) is 31.0 Å². The molecule has 0 aromatic carbocycles. The Morgan fingerprint density at radius 2 is 2.14 bits per heavy atom. The lowest BCUT2D eigenvalue weighted by Crippen LogP contribution is -2.41. The normalized spacial score (nSPS) is 13.6. The molecule has 7 nitrogen and oxygen atoms in total. The molecule has 1 aromatic rings. The van der Waals surface area contributed by atoms with Gasteiger partial charge in [0.15, 0.2) is 4.34 Å². The number of nitrogens with one attached hydrogen (secondary N) is 1. The summed E-state index contributed by atoms with van der Waals surface area (Å²) in [6, 6.07) is 0.544. The molecule has 1 heterocycles. The first-order chi connectivity index (χ1) is 9.69. The van der Waals surface area contributed by atoms with Crippen LogP contribution in [0.3, 0.4) is 0 Å². The maximum atomic E-state index is 12.3. The van der Waals surface area contributed by atoms with E-state index >= 15 is 0 Å². The topological polar surface area (TPSA) is 98.5 Å². The molecule has 0 fully saturated rings. The van der Waals surface area contributed by atoms with Crippen molar-refractivity contribution >= 4 is 38.6 Å². The van der Waals surface area contributed by atoms with Crippen LogP contribution < -0.4 is 4.72 Å². The van der Waals surface area contributed by atoms with Gasteiger partial charge >= 0.3 is 0 Å². The van der Waals surface area contributed by atoms with E-state index in [1.807, 2.05) is 20.8 Å². The summed E-state index contributed by atoms with van der Waals surface area (Å²) in [7, 11) is -3.87. The van der Waals surface area contributed by atoms with Crippen molar-refractivity contribution < 1.29 is 18.1 Å². The molecule has 0 radical (unpaired) electrons. The van der Waals surface area contributed by atoms with Gasteiger partial charge in [0.25, 0.3) is 15.7 Å².